The molecule has 1 heterocycles. The highest BCUT2D eigenvalue weighted by molar-refractivity contribution is 5.73. The molecule has 0 radical (unpaired) electrons. The largest absolute Gasteiger partial charge is 0.469 e. The molecule has 2 atom stereocenters. The Kier molecular flexibility index (Phi) is 3.74. The average molecular weight is 237 g/mol. The van der Waals surface area contributed by atoms with Crippen LogP contribution in [0.2, 0.25) is 0 Å². The van der Waals surface area contributed by atoms with Gasteiger partial charge in [-0.2, -0.15) is 0 Å². The molecule has 0 aromatic heterocycles. The molecule has 0 saturated carbocycles. The molecular formula is C13H16FNO2. The number of carbonyl (C=O) groups excluding carboxylic acids is 1. The molecule has 1 aromatic carbocycles. The Morgan fingerprint density at radius 1 is 1.47 bits per heavy atom. The fourth-order valence-corrected chi connectivity index (χ4v) is 2.39. The van der Waals surface area contributed by atoms with Crippen LogP contribution in [0.5, 0.6) is 0 Å². The molecule has 0 spiro atoms. The first-order chi connectivity index (χ1) is 8.24. The van der Waals surface area contributed by atoms with Gasteiger partial charge in [0.15, 0.2) is 0 Å². The van der Waals surface area contributed by atoms with Crippen LogP contribution in [0, 0.1) is 11.7 Å². The van der Waals surface area contributed by atoms with Gasteiger partial charge in [-0.3, -0.25) is 4.79 Å². The third kappa shape index (κ3) is 2.47. The minimum Gasteiger partial charge on any atom is -0.469 e. The second-order valence-electron chi connectivity index (χ2n) is 4.25. The van der Waals surface area contributed by atoms with Gasteiger partial charge in [-0.25, -0.2) is 4.39 Å². The molecule has 0 amide bonds. The standard InChI is InChI=1S/C13H16FNO2/c1-17-13(16)10-6-7-15-8-11(10)9-4-2-3-5-12(9)14/h2-5,10-11,15H,6-8H2,1H3. The summed E-state index contributed by atoms with van der Waals surface area (Å²) in [4.78, 5) is 11.7. The first-order valence-corrected chi connectivity index (χ1v) is 5.77. The minimum atomic E-state index is -0.255. The fraction of sp³-hybridized carbons (Fsp3) is 0.462. The van der Waals surface area contributed by atoms with E-state index >= 15 is 0 Å². The Bertz CT molecular complexity index is 408. The summed E-state index contributed by atoms with van der Waals surface area (Å²) in [6.45, 7) is 1.38. The lowest BCUT2D eigenvalue weighted by atomic mass is 9.81. The molecule has 1 aliphatic rings. The first-order valence-electron chi connectivity index (χ1n) is 5.77. The van der Waals surface area contributed by atoms with E-state index in [1.807, 2.05) is 0 Å². The van der Waals surface area contributed by atoms with Crippen molar-refractivity contribution in [3.05, 3.63) is 35.6 Å². The molecule has 1 saturated heterocycles. The topological polar surface area (TPSA) is 38.3 Å². The molecule has 1 aliphatic heterocycles. The van der Waals surface area contributed by atoms with Crippen molar-refractivity contribution in [1.82, 2.24) is 5.32 Å². The summed E-state index contributed by atoms with van der Waals surface area (Å²) in [6.07, 6.45) is 0.686. The van der Waals surface area contributed by atoms with Crippen molar-refractivity contribution in [3.8, 4) is 0 Å². The zero-order valence-electron chi connectivity index (χ0n) is 9.78. The Labute approximate surface area is 100.0 Å². The Balaban J connectivity index is 2.28. The number of carbonyl (C=O) groups is 1. The zero-order valence-corrected chi connectivity index (χ0v) is 9.78. The van der Waals surface area contributed by atoms with Crippen LogP contribution in [0.4, 0.5) is 4.39 Å². The molecule has 2 rings (SSSR count). The molecule has 0 aliphatic carbocycles. The lowest BCUT2D eigenvalue weighted by Crippen LogP contribution is -2.39. The van der Waals surface area contributed by atoms with Gasteiger partial charge in [0, 0.05) is 12.5 Å². The summed E-state index contributed by atoms with van der Waals surface area (Å²) >= 11 is 0. The summed E-state index contributed by atoms with van der Waals surface area (Å²) in [5, 5.41) is 3.20. The van der Waals surface area contributed by atoms with Crippen molar-refractivity contribution in [2.45, 2.75) is 12.3 Å². The van der Waals surface area contributed by atoms with Crippen LogP contribution in [0.25, 0.3) is 0 Å². The van der Waals surface area contributed by atoms with Crippen LogP contribution in [0.15, 0.2) is 24.3 Å². The van der Waals surface area contributed by atoms with Gasteiger partial charge in [0.25, 0.3) is 0 Å². The van der Waals surface area contributed by atoms with E-state index in [9.17, 15) is 9.18 Å². The highest BCUT2D eigenvalue weighted by Crippen LogP contribution is 2.31. The zero-order chi connectivity index (χ0) is 12.3. The second kappa shape index (κ2) is 5.27. The number of piperidine rings is 1. The van der Waals surface area contributed by atoms with E-state index in [0.717, 1.165) is 6.54 Å². The van der Waals surface area contributed by atoms with Crippen molar-refractivity contribution in [3.63, 3.8) is 0 Å². The number of ether oxygens (including phenoxy) is 1. The molecule has 3 nitrogen and oxygen atoms in total. The predicted octanol–water partition coefficient (Wildman–Crippen LogP) is 1.69. The summed E-state index contributed by atoms with van der Waals surface area (Å²) < 4.78 is 18.5. The van der Waals surface area contributed by atoms with Crippen molar-refractivity contribution >= 4 is 5.97 Å². The van der Waals surface area contributed by atoms with E-state index in [4.69, 9.17) is 4.74 Å². The molecule has 2 unspecified atom stereocenters. The van der Waals surface area contributed by atoms with E-state index < -0.39 is 0 Å². The minimum absolute atomic E-state index is 0.141. The molecule has 92 valence electrons. The van der Waals surface area contributed by atoms with E-state index in [-0.39, 0.29) is 23.6 Å². The highest BCUT2D eigenvalue weighted by Gasteiger charge is 2.33. The predicted molar refractivity (Wildman–Crippen MR) is 62.1 cm³/mol. The Morgan fingerprint density at radius 2 is 2.24 bits per heavy atom. The molecule has 17 heavy (non-hydrogen) atoms. The number of nitrogens with one attached hydrogen (secondary N) is 1. The van der Waals surface area contributed by atoms with Crippen LogP contribution in [-0.2, 0) is 9.53 Å². The van der Waals surface area contributed by atoms with Gasteiger partial charge in [0.2, 0.25) is 0 Å². The van der Waals surface area contributed by atoms with Crippen LogP contribution in [-0.4, -0.2) is 26.2 Å². The van der Waals surface area contributed by atoms with Crippen molar-refractivity contribution < 1.29 is 13.9 Å². The average Bonchev–Trinajstić information content (AvgIpc) is 2.38. The molecule has 1 aromatic rings. The van der Waals surface area contributed by atoms with Crippen molar-refractivity contribution in [1.29, 1.82) is 0 Å². The maximum absolute atomic E-state index is 13.7. The third-order valence-corrected chi connectivity index (χ3v) is 3.29. The van der Waals surface area contributed by atoms with Gasteiger partial charge in [-0.1, -0.05) is 18.2 Å². The first kappa shape index (κ1) is 12.0. The molecule has 1 N–H and O–H groups in total. The number of hydrogen-bond acceptors (Lipinski definition) is 3. The van der Waals surface area contributed by atoms with Crippen LogP contribution < -0.4 is 5.32 Å². The lowest BCUT2D eigenvalue weighted by molar-refractivity contribution is -0.147. The number of benzene rings is 1. The third-order valence-electron chi connectivity index (χ3n) is 3.29. The van der Waals surface area contributed by atoms with E-state index in [2.05, 4.69) is 5.32 Å². The van der Waals surface area contributed by atoms with Crippen LogP contribution in [0.3, 0.4) is 0 Å². The van der Waals surface area contributed by atoms with Crippen molar-refractivity contribution in [2.75, 3.05) is 20.2 Å². The van der Waals surface area contributed by atoms with E-state index in [0.29, 0.717) is 18.5 Å². The summed E-state index contributed by atoms with van der Waals surface area (Å²) in [5.74, 6) is -0.898. The molecule has 0 bridgehead atoms. The van der Waals surface area contributed by atoms with Gasteiger partial charge in [0.1, 0.15) is 5.82 Å². The highest BCUT2D eigenvalue weighted by atomic mass is 19.1. The van der Waals surface area contributed by atoms with Gasteiger partial charge in [0.05, 0.1) is 13.0 Å². The smallest absolute Gasteiger partial charge is 0.309 e. The number of halogens is 1. The summed E-state index contributed by atoms with van der Waals surface area (Å²) in [7, 11) is 1.38. The van der Waals surface area contributed by atoms with E-state index in [1.54, 1.807) is 18.2 Å². The van der Waals surface area contributed by atoms with Crippen molar-refractivity contribution in [2.24, 2.45) is 5.92 Å². The maximum atomic E-state index is 13.7. The van der Waals surface area contributed by atoms with Gasteiger partial charge in [-0.15, -0.1) is 0 Å². The molecular weight excluding hydrogens is 221 g/mol. The summed E-state index contributed by atoms with van der Waals surface area (Å²) in [5.41, 5.74) is 0.593. The lowest BCUT2D eigenvalue weighted by Gasteiger charge is -2.30. The quantitative estimate of drug-likeness (QED) is 0.795. The van der Waals surface area contributed by atoms with Gasteiger partial charge in [-0.05, 0) is 24.6 Å². The maximum Gasteiger partial charge on any atom is 0.309 e. The fourth-order valence-electron chi connectivity index (χ4n) is 2.39. The summed E-state index contributed by atoms with van der Waals surface area (Å²) in [6, 6.07) is 6.62. The SMILES string of the molecule is COC(=O)C1CCNCC1c1ccccc1F. The number of methoxy groups -OCH3 is 1. The number of rotatable bonds is 2. The Hall–Kier alpha value is -1.42. The molecule has 4 heteroatoms. The van der Waals surface area contributed by atoms with E-state index in [1.165, 1.54) is 13.2 Å². The number of hydrogen-bond donors (Lipinski definition) is 1. The van der Waals surface area contributed by atoms with Gasteiger partial charge >= 0.3 is 5.97 Å². The second-order valence-corrected chi connectivity index (χ2v) is 4.25. The van der Waals surface area contributed by atoms with Crippen LogP contribution >= 0.6 is 0 Å². The number of esters is 1. The van der Waals surface area contributed by atoms with Gasteiger partial charge < -0.3 is 10.1 Å². The Morgan fingerprint density at radius 3 is 2.94 bits per heavy atom. The monoisotopic (exact) mass is 237 g/mol. The van der Waals surface area contributed by atoms with Crippen LogP contribution in [0.1, 0.15) is 17.9 Å². The normalized spacial score (nSPS) is 24.4. The molecule has 1 fully saturated rings.